The number of thiophene rings is 1. The highest BCUT2D eigenvalue weighted by molar-refractivity contribution is 7.10. The summed E-state index contributed by atoms with van der Waals surface area (Å²) in [5, 5.41) is 5.21. The summed E-state index contributed by atoms with van der Waals surface area (Å²) in [6.45, 7) is 0.192. The quantitative estimate of drug-likeness (QED) is 0.348. The van der Waals surface area contributed by atoms with E-state index in [1.54, 1.807) is 32.3 Å². The van der Waals surface area contributed by atoms with Crippen LogP contribution in [0.5, 0.6) is 17.2 Å². The van der Waals surface area contributed by atoms with E-state index in [2.05, 4.69) is 5.32 Å². The van der Waals surface area contributed by atoms with Gasteiger partial charge in [0.25, 0.3) is 0 Å². The van der Waals surface area contributed by atoms with E-state index in [-0.39, 0.29) is 30.8 Å². The van der Waals surface area contributed by atoms with Gasteiger partial charge in [0.1, 0.15) is 11.8 Å². The van der Waals surface area contributed by atoms with Crippen LogP contribution < -0.4 is 19.5 Å². The Bertz CT molecular complexity index is 1210. The molecular weight excluding hydrogens is 500 g/mol. The van der Waals surface area contributed by atoms with Gasteiger partial charge in [-0.3, -0.25) is 9.59 Å². The third-order valence-corrected chi connectivity index (χ3v) is 7.88. The van der Waals surface area contributed by atoms with Gasteiger partial charge in [-0.25, -0.2) is 0 Å². The molecule has 0 spiro atoms. The maximum Gasteiger partial charge on any atom is 0.247 e. The van der Waals surface area contributed by atoms with Crippen LogP contribution in [0.4, 0.5) is 0 Å². The Morgan fingerprint density at radius 1 is 0.921 bits per heavy atom. The van der Waals surface area contributed by atoms with Crippen molar-refractivity contribution in [3.8, 4) is 17.2 Å². The zero-order valence-corrected chi connectivity index (χ0v) is 23.1. The van der Waals surface area contributed by atoms with Gasteiger partial charge in [-0.05, 0) is 36.4 Å². The van der Waals surface area contributed by atoms with E-state index in [1.165, 1.54) is 17.8 Å². The molecule has 1 heterocycles. The molecule has 0 saturated heterocycles. The Balaban J connectivity index is 1.80. The van der Waals surface area contributed by atoms with Crippen LogP contribution in [0, 0.1) is 0 Å². The maximum atomic E-state index is 14.1. The van der Waals surface area contributed by atoms with Crippen molar-refractivity contribution < 1.29 is 23.8 Å². The SMILES string of the molecule is COc1ccccc1CN(C(=O)Cc1cccs1)[C@@H](C(=O)NC1CCCCC1)c1cccc(OC)c1OC. The molecule has 1 saturated carbocycles. The summed E-state index contributed by atoms with van der Waals surface area (Å²) in [4.78, 5) is 30.7. The topological polar surface area (TPSA) is 77.1 Å². The number of rotatable bonds is 11. The van der Waals surface area contributed by atoms with Crippen molar-refractivity contribution in [1.29, 1.82) is 0 Å². The second-order valence-electron chi connectivity index (χ2n) is 9.42. The molecule has 2 amide bonds. The van der Waals surface area contributed by atoms with E-state index < -0.39 is 6.04 Å². The summed E-state index contributed by atoms with van der Waals surface area (Å²) in [7, 11) is 4.72. The predicted octanol–water partition coefficient (Wildman–Crippen LogP) is 5.54. The predicted molar refractivity (Wildman–Crippen MR) is 149 cm³/mol. The number of ether oxygens (including phenoxy) is 3. The van der Waals surface area contributed by atoms with Crippen molar-refractivity contribution >= 4 is 23.2 Å². The van der Waals surface area contributed by atoms with Crippen LogP contribution in [0.1, 0.15) is 54.1 Å². The van der Waals surface area contributed by atoms with Crippen molar-refractivity contribution in [2.45, 2.75) is 57.2 Å². The molecule has 0 aliphatic heterocycles. The molecule has 3 aromatic rings. The smallest absolute Gasteiger partial charge is 0.247 e. The molecule has 1 fully saturated rings. The minimum absolute atomic E-state index is 0.0795. The van der Waals surface area contributed by atoms with E-state index in [0.29, 0.717) is 22.8 Å². The molecule has 8 heteroatoms. The number of para-hydroxylation sites is 2. The monoisotopic (exact) mass is 536 g/mol. The minimum atomic E-state index is -0.931. The lowest BCUT2D eigenvalue weighted by Crippen LogP contribution is -2.47. The molecule has 202 valence electrons. The van der Waals surface area contributed by atoms with Crippen molar-refractivity contribution in [1.82, 2.24) is 10.2 Å². The lowest BCUT2D eigenvalue weighted by Gasteiger charge is -2.34. The average molecular weight is 537 g/mol. The first-order valence-electron chi connectivity index (χ1n) is 13.0. The van der Waals surface area contributed by atoms with Gasteiger partial charge >= 0.3 is 0 Å². The number of nitrogens with zero attached hydrogens (tertiary/aromatic N) is 1. The van der Waals surface area contributed by atoms with Gasteiger partial charge in [-0.15, -0.1) is 11.3 Å². The fourth-order valence-electron chi connectivity index (χ4n) is 5.11. The van der Waals surface area contributed by atoms with Crippen molar-refractivity contribution in [3.05, 3.63) is 76.0 Å². The number of benzene rings is 2. The first-order chi connectivity index (χ1) is 18.5. The third kappa shape index (κ3) is 6.48. The Hall–Kier alpha value is -3.52. The number of carbonyl (C=O) groups is 2. The van der Waals surface area contributed by atoms with Crippen LogP contribution in [0.15, 0.2) is 60.0 Å². The van der Waals surface area contributed by atoms with E-state index in [1.807, 2.05) is 53.9 Å². The van der Waals surface area contributed by atoms with E-state index >= 15 is 0 Å². The highest BCUT2D eigenvalue weighted by Crippen LogP contribution is 2.39. The normalized spacial score (nSPS) is 14.4. The van der Waals surface area contributed by atoms with Crippen LogP contribution >= 0.6 is 11.3 Å². The highest BCUT2D eigenvalue weighted by atomic mass is 32.1. The maximum absolute atomic E-state index is 14.1. The van der Waals surface area contributed by atoms with Crippen LogP contribution in [0.3, 0.4) is 0 Å². The Morgan fingerprint density at radius 2 is 1.66 bits per heavy atom. The van der Waals surface area contributed by atoms with Crippen LogP contribution in [-0.4, -0.2) is 44.1 Å². The molecule has 0 unspecified atom stereocenters. The zero-order chi connectivity index (χ0) is 26.9. The Kier molecular flexibility index (Phi) is 9.65. The summed E-state index contributed by atoms with van der Waals surface area (Å²) in [6, 6.07) is 16.0. The fraction of sp³-hybridized carbons (Fsp3) is 0.400. The van der Waals surface area contributed by atoms with Gasteiger partial charge in [0, 0.05) is 22.0 Å². The average Bonchev–Trinajstić information content (AvgIpc) is 3.46. The summed E-state index contributed by atoms with van der Waals surface area (Å²) in [5.74, 6) is 1.21. The molecule has 1 aromatic heterocycles. The molecular formula is C30H36N2O5S. The highest BCUT2D eigenvalue weighted by Gasteiger charge is 2.36. The lowest BCUT2D eigenvalue weighted by atomic mass is 9.94. The van der Waals surface area contributed by atoms with E-state index in [9.17, 15) is 9.59 Å². The van der Waals surface area contributed by atoms with Crippen molar-refractivity contribution in [3.63, 3.8) is 0 Å². The molecule has 4 rings (SSSR count). The van der Waals surface area contributed by atoms with Gasteiger partial charge in [0.15, 0.2) is 11.5 Å². The van der Waals surface area contributed by atoms with Crippen molar-refractivity contribution in [2.75, 3.05) is 21.3 Å². The lowest BCUT2D eigenvalue weighted by molar-refractivity contribution is -0.141. The second kappa shape index (κ2) is 13.3. The molecule has 1 aliphatic carbocycles. The van der Waals surface area contributed by atoms with Crippen LogP contribution in [0.25, 0.3) is 0 Å². The summed E-state index contributed by atoms with van der Waals surface area (Å²) < 4.78 is 16.9. The number of amides is 2. The Morgan fingerprint density at radius 3 is 2.34 bits per heavy atom. The Labute approximate surface area is 228 Å². The molecule has 0 radical (unpaired) electrons. The molecule has 1 N–H and O–H groups in total. The summed E-state index contributed by atoms with van der Waals surface area (Å²) >= 11 is 1.52. The van der Waals surface area contributed by atoms with Gasteiger partial charge in [-0.2, -0.15) is 0 Å². The fourth-order valence-corrected chi connectivity index (χ4v) is 5.81. The summed E-state index contributed by atoms with van der Waals surface area (Å²) in [6.07, 6.45) is 5.40. The number of hydrogen-bond donors (Lipinski definition) is 1. The molecule has 7 nitrogen and oxygen atoms in total. The number of methoxy groups -OCH3 is 3. The number of hydrogen-bond acceptors (Lipinski definition) is 6. The van der Waals surface area contributed by atoms with Crippen LogP contribution in [-0.2, 0) is 22.6 Å². The second-order valence-corrected chi connectivity index (χ2v) is 10.5. The van der Waals surface area contributed by atoms with Gasteiger partial charge in [-0.1, -0.05) is 55.7 Å². The van der Waals surface area contributed by atoms with Gasteiger partial charge in [0.2, 0.25) is 11.8 Å². The molecule has 0 bridgehead atoms. The zero-order valence-electron chi connectivity index (χ0n) is 22.3. The van der Waals surface area contributed by atoms with Crippen LogP contribution in [0.2, 0.25) is 0 Å². The standard InChI is InChI=1S/C30H36N2O5S/c1-35-25-16-8-7-11-21(25)20-32(27(33)19-23-14-10-18-38-23)28(30(34)31-22-12-5-4-6-13-22)24-15-9-17-26(36-2)29(24)37-3/h7-11,14-18,22,28H,4-6,12-13,19-20H2,1-3H3,(H,31,34)/t28-/m1/s1. The molecule has 1 aliphatic rings. The third-order valence-electron chi connectivity index (χ3n) is 7.00. The minimum Gasteiger partial charge on any atom is -0.496 e. The van der Waals surface area contributed by atoms with Gasteiger partial charge < -0.3 is 24.4 Å². The van der Waals surface area contributed by atoms with E-state index in [0.717, 1.165) is 36.1 Å². The first-order valence-corrected chi connectivity index (χ1v) is 13.9. The number of nitrogens with one attached hydrogen (secondary N) is 1. The first kappa shape index (κ1) is 27.5. The molecule has 38 heavy (non-hydrogen) atoms. The summed E-state index contributed by atoms with van der Waals surface area (Å²) in [5.41, 5.74) is 1.39. The van der Waals surface area contributed by atoms with E-state index in [4.69, 9.17) is 14.2 Å². The van der Waals surface area contributed by atoms with Gasteiger partial charge in [0.05, 0.1) is 34.3 Å². The molecule has 2 aromatic carbocycles. The largest absolute Gasteiger partial charge is 0.496 e. The van der Waals surface area contributed by atoms with Crippen molar-refractivity contribution in [2.24, 2.45) is 0 Å². The molecule has 1 atom stereocenters. The number of carbonyl (C=O) groups excluding carboxylic acids is 2.